The molecule has 0 aliphatic heterocycles. The highest BCUT2D eigenvalue weighted by atomic mass is 16.6. The third kappa shape index (κ3) is 4.00. The van der Waals surface area contributed by atoms with Crippen LogP contribution in [0.1, 0.15) is 42.3 Å². The fourth-order valence-corrected chi connectivity index (χ4v) is 2.79. The maximum absolute atomic E-state index is 12.6. The van der Waals surface area contributed by atoms with Gasteiger partial charge in [0.1, 0.15) is 5.75 Å². The molecule has 3 rings (SSSR count). The first-order valence-corrected chi connectivity index (χ1v) is 8.69. The molecule has 0 unspecified atom stereocenters. The number of aromatic nitrogens is 2. The molecule has 0 spiro atoms. The number of nitrogens with zero attached hydrogens (tertiary/aromatic N) is 2. The van der Waals surface area contributed by atoms with Crippen LogP contribution >= 0.6 is 0 Å². The molecule has 6 nitrogen and oxygen atoms in total. The topological polar surface area (TPSA) is 77.2 Å². The van der Waals surface area contributed by atoms with Crippen molar-refractivity contribution >= 4 is 11.7 Å². The van der Waals surface area contributed by atoms with E-state index in [4.69, 9.17) is 9.37 Å². The van der Waals surface area contributed by atoms with Gasteiger partial charge < -0.3 is 10.1 Å². The summed E-state index contributed by atoms with van der Waals surface area (Å²) in [4.78, 5) is 12.6. The smallest absolute Gasteiger partial charge is 0.256 e. The third-order valence-corrected chi connectivity index (χ3v) is 4.40. The average Bonchev–Trinajstić information content (AvgIpc) is 3.09. The first-order chi connectivity index (χ1) is 12.8. The second-order valence-electron chi connectivity index (χ2n) is 7.43. The van der Waals surface area contributed by atoms with E-state index in [9.17, 15) is 4.79 Å². The zero-order chi connectivity index (χ0) is 19.6. The lowest BCUT2D eigenvalue weighted by molar-refractivity contribution is 0.102. The summed E-state index contributed by atoms with van der Waals surface area (Å²) >= 11 is 0. The van der Waals surface area contributed by atoms with Crippen LogP contribution in [0.25, 0.3) is 11.3 Å². The van der Waals surface area contributed by atoms with Crippen LogP contribution in [0.3, 0.4) is 0 Å². The van der Waals surface area contributed by atoms with E-state index in [0.29, 0.717) is 11.3 Å². The Morgan fingerprint density at radius 2 is 1.78 bits per heavy atom. The Labute approximate surface area is 158 Å². The number of rotatable bonds is 4. The Bertz CT molecular complexity index is 954. The van der Waals surface area contributed by atoms with Crippen LogP contribution in [0.5, 0.6) is 5.75 Å². The van der Waals surface area contributed by atoms with Gasteiger partial charge >= 0.3 is 0 Å². The molecule has 6 heteroatoms. The number of benzene rings is 2. The van der Waals surface area contributed by atoms with Gasteiger partial charge in [0.2, 0.25) is 5.82 Å². The number of carbonyl (C=O) groups is 1. The van der Waals surface area contributed by atoms with E-state index in [1.807, 2.05) is 37.3 Å². The van der Waals surface area contributed by atoms with Gasteiger partial charge in [-0.2, -0.15) is 0 Å². The van der Waals surface area contributed by atoms with Crippen molar-refractivity contribution in [1.82, 2.24) is 10.3 Å². The maximum atomic E-state index is 12.6. The lowest BCUT2D eigenvalue weighted by Crippen LogP contribution is -2.15. The first kappa shape index (κ1) is 18.6. The summed E-state index contributed by atoms with van der Waals surface area (Å²) < 4.78 is 10.1. The molecule has 3 aromatic rings. The molecule has 0 fully saturated rings. The van der Waals surface area contributed by atoms with Gasteiger partial charge in [0.05, 0.1) is 7.11 Å². The highest BCUT2D eigenvalue weighted by Gasteiger charge is 2.18. The summed E-state index contributed by atoms with van der Waals surface area (Å²) in [6.45, 7) is 8.33. The molecule has 0 saturated carbocycles. The number of methoxy groups -OCH3 is 1. The van der Waals surface area contributed by atoms with Gasteiger partial charge in [-0.3, -0.25) is 4.79 Å². The molecule has 1 N–H and O–H groups in total. The summed E-state index contributed by atoms with van der Waals surface area (Å²) in [5.41, 5.74) is 3.95. The lowest BCUT2D eigenvalue weighted by atomic mass is 9.87. The summed E-state index contributed by atoms with van der Waals surface area (Å²) in [6.07, 6.45) is 0. The second kappa shape index (κ2) is 7.23. The SMILES string of the molecule is COc1ccc(-c2nonc2NC(=O)c2ccc(C(C)(C)C)cc2)cc1C. The lowest BCUT2D eigenvalue weighted by Gasteiger charge is -2.18. The fraction of sp³-hybridized carbons (Fsp3) is 0.286. The molecule has 2 aromatic carbocycles. The van der Waals surface area contributed by atoms with Crippen LogP contribution in [-0.2, 0) is 5.41 Å². The number of anilines is 1. The number of ether oxygens (including phenoxy) is 1. The van der Waals surface area contributed by atoms with E-state index >= 15 is 0 Å². The maximum Gasteiger partial charge on any atom is 0.256 e. The molecule has 27 heavy (non-hydrogen) atoms. The summed E-state index contributed by atoms with van der Waals surface area (Å²) in [6, 6.07) is 13.1. The normalized spacial score (nSPS) is 11.3. The number of carbonyl (C=O) groups excluding carboxylic acids is 1. The van der Waals surface area contributed by atoms with E-state index in [2.05, 4.69) is 36.4 Å². The summed E-state index contributed by atoms with van der Waals surface area (Å²) in [5.74, 6) is 0.793. The molecule has 140 valence electrons. The molecule has 0 aliphatic rings. The number of nitrogens with one attached hydrogen (secondary N) is 1. The molecule has 0 bridgehead atoms. The summed E-state index contributed by atoms with van der Waals surface area (Å²) in [7, 11) is 1.62. The van der Waals surface area contributed by atoms with Crippen molar-refractivity contribution in [3.63, 3.8) is 0 Å². The van der Waals surface area contributed by atoms with Gasteiger partial charge in [0, 0.05) is 11.1 Å². The minimum atomic E-state index is -0.266. The van der Waals surface area contributed by atoms with Gasteiger partial charge in [0.15, 0.2) is 5.69 Å². The molecular formula is C21H23N3O3. The monoisotopic (exact) mass is 365 g/mol. The molecular weight excluding hydrogens is 342 g/mol. The van der Waals surface area contributed by atoms with Crippen LogP contribution in [0.4, 0.5) is 5.82 Å². The Morgan fingerprint density at radius 3 is 2.37 bits per heavy atom. The minimum absolute atomic E-state index is 0.0322. The molecule has 0 atom stereocenters. The van der Waals surface area contributed by atoms with Crippen molar-refractivity contribution in [3.8, 4) is 17.0 Å². The highest BCUT2D eigenvalue weighted by molar-refractivity contribution is 6.05. The van der Waals surface area contributed by atoms with Gasteiger partial charge in [-0.15, -0.1) is 0 Å². The van der Waals surface area contributed by atoms with E-state index < -0.39 is 0 Å². The predicted molar refractivity (Wildman–Crippen MR) is 104 cm³/mol. The van der Waals surface area contributed by atoms with E-state index in [-0.39, 0.29) is 17.1 Å². The Balaban J connectivity index is 1.82. The van der Waals surface area contributed by atoms with Crippen LogP contribution in [0.15, 0.2) is 47.1 Å². The number of amides is 1. The van der Waals surface area contributed by atoms with Gasteiger partial charge in [-0.25, -0.2) is 4.63 Å². The van der Waals surface area contributed by atoms with Crippen molar-refractivity contribution in [1.29, 1.82) is 0 Å². The van der Waals surface area contributed by atoms with Crippen LogP contribution in [0.2, 0.25) is 0 Å². The van der Waals surface area contributed by atoms with Crippen molar-refractivity contribution < 1.29 is 14.2 Å². The fourth-order valence-electron chi connectivity index (χ4n) is 2.79. The number of hydrogen-bond donors (Lipinski definition) is 1. The van der Waals surface area contributed by atoms with Gasteiger partial charge in [0.25, 0.3) is 5.91 Å². The van der Waals surface area contributed by atoms with Crippen molar-refractivity contribution in [2.75, 3.05) is 12.4 Å². The minimum Gasteiger partial charge on any atom is -0.496 e. The van der Waals surface area contributed by atoms with Gasteiger partial charge in [-0.1, -0.05) is 32.9 Å². The number of aryl methyl sites for hydroxylation is 1. The second-order valence-corrected chi connectivity index (χ2v) is 7.43. The standard InChI is InChI=1S/C21H23N3O3/c1-13-12-15(8-11-17(13)26-5)18-19(24-27-23-18)22-20(25)14-6-9-16(10-7-14)21(2,3)4/h6-12H,1-5H3,(H,22,24,25). The van der Waals surface area contributed by atoms with Crippen LogP contribution < -0.4 is 10.1 Å². The average molecular weight is 365 g/mol. The van der Waals surface area contributed by atoms with Crippen molar-refractivity contribution in [2.45, 2.75) is 33.1 Å². The van der Waals surface area contributed by atoms with Crippen molar-refractivity contribution in [2.24, 2.45) is 0 Å². The molecule has 1 heterocycles. The van der Waals surface area contributed by atoms with E-state index in [1.54, 1.807) is 19.2 Å². The largest absolute Gasteiger partial charge is 0.496 e. The van der Waals surface area contributed by atoms with E-state index in [0.717, 1.165) is 22.4 Å². The Kier molecular flexibility index (Phi) is 4.99. The molecule has 0 aliphatic carbocycles. The first-order valence-electron chi connectivity index (χ1n) is 8.69. The van der Waals surface area contributed by atoms with Gasteiger partial charge in [-0.05, 0) is 64.1 Å². The molecule has 0 saturated heterocycles. The molecule has 1 aromatic heterocycles. The molecule has 1 amide bonds. The Hall–Kier alpha value is -3.15. The zero-order valence-corrected chi connectivity index (χ0v) is 16.2. The Morgan fingerprint density at radius 1 is 1.07 bits per heavy atom. The predicted octanol–water partition coefficient (Wildman–Crippen LogP) is 4.60. The van der Waals surface area contributed by atoms with Crippen molar-refractivity contribution in [3.05, 3.63) is 59.2 Å². The third-order valence-electron chi connectivity index (χ3n) is 4.40. The van der Waals surface area contributed by atoms with Crippen LogP contribution in [-0.4, -0.2) is 23.3 Å². The number of hydrogen-bond acceptors (Lipinski definition) is 5. The van der Waals surface area contributed by atoms with Crippen LogP contribution in [0, 0.1) is 6.92 Å². The zero-order valence-electron chi connectivity index (χ0n) is 16.2. The van der Waals surface area contributed by atoms with E-state index in [1.165, 1.54) is 0 Å². The molecule has 0 radical (unpaired) electrons. The summed E-state index contributed by atoms with van der Waals surface area (Å²) in [5, 5.41) is 10.5. The highest BCUT2D eigenvalue weighted by Crippen LogP contribution is 2.29. The quantitative estimate of drug-likeness (QED) is 0.731.